The van der Waals surface area contributed by atoms with E-state index in [9.17, 15) is 0 Å². The zero-order chi connectivity index (χ0) is 12.8. The number of nitrogens with two attached hydrogens (primary N) is 1. The van der Waals surface area contributed by atoms with Gasteiger partial charge in [-0.05, 0) is 31.0 Å². The number of hydrogen-bond donors (Lipinski definition) is 2. The molecule has 18 heavy (non-hydrogen) atoms. The van der Waals surface area contributed by atoms with Crippen LogP contribution in [-0.4, -0.2) is 12.1 Å². The normalized spacial score (nSPS) is 13.9. The van der Waals surface area contributed by atoms with Crippen LogP contribution in [0.2, 0.25) is 0 Å². The van der Waals surface area contributed by atoms with E-state index in [0.29, 0.717) is 6.54 Å². The van der Waals surface area contributed by atoms with Gasteiger partial charge in [-0.3, -0.25) is 0 Å². The van der Waals surface area contributed by atoms with Crippen molar-refractivity contribution >= 4 is 5.69 Å². The van der Waals surface area contributed by atoms with Crippen molar-refractivity contribution in [1.29, 1.82) is 0 Å². The lowest BCUT2D eigenvalue weighted by Gasteiger charge is -2.31. The number of anilines is 1. The van der Waals surface area contributed by atoms with Crippen LogP contribution in [0.15, 0.2) is 60.7 Å². The number of rotatable bonds is 5. The van der Waals surface area contributed by atoms with Crippen LogP contribution in [0.3, 0.4) is 0 Å². The Labute approximate surface area is 109 Å². The van der Waals surface area contributed by atoms with E-state index >= 15 is 0 Å². The van der Waals surface area contributed by atoms with Gasteiger partial charge in [0.15, 0.2) is 0 Å². The van der Waals surface area contributed by atoms with E-state index in [1.165, 1.54) is 5.56 Å². The molecule has 0 radical (unpaired) electrons. The molecule has 0 bridgehead atoms. The zero-order valence-electron chi connectivity index (χ0n) is 10.8. The van der Waals surface area contributed by atoms with Gasteiger partial charge in [-0.15, -0.1) is 0 Å². The second kappa shape index (κ2) is 5.69. The fourth-order valence-corrected chi connectivity index (χ4v) is 2.08. The highest BCUT2D eigenvalue weighted by Crippen LogP contribution is 2.18. The standard InChI is InChI=1S/C16H20N2/c1-16(13-17,12-14-8-4-2-5-9-14)18-15-10-6-3-7-11-15/h2-11,18H,12-13,17H2,1H3. The summed E-state index contributed by atoms with van der Waals surface area (Å²) >= 11 is 0. The Hall–Kier alpha value is -1.80. The van der Waals surface area contributed by atoms with E-state index in [-0.39, 0.29) is 5.54 Å². The van der Waals surface area contributed by atoms with E-state index < -0.39 is 0 Å². The first-order valence-corrected chi connectivity index (χ1v) is 6.29. The molecular formula is C16H20N2. The van der Waals surface area contributed by atoms with Crippen molar-refractivity contribution in [3.05, 3.63) is 66.2 Å². The van der Waals surface area contributed by atoms with Crippen molar-refractivity contribution in [1.82, 2.24) is 0 Å². The molecule has 3 N–H and O–H groups in total. The van der Waals surface area contributed by atoms with Gasteiger partial charge < -0.3 is 11.1 Å². The molecule has 0 amide bonds. The Morgan fingerprint density at radius 1 is 0.944 bits per heavy atom. The smallest absolute Gasteiger partial charge is 0.0507 e. The minimum atomic E-state index is -0.122. The summed E-state index contributed by atoms with van der Waals surface area (Å²) in [7, 11) is 0. The van der Waals surface area contributed by atoms with Crippen LogP contribution in [-0.2, 0) is 6.42 Å². The molecule has 2 nitrogen and oxygen atoms in total. The van der Waals surface area contributed by atoms with Gasteiger partial charge in [0.1, 0.15) is 0 Å². The zero-order valence-corrected chi connectivity index (χ0v) is 10.8. The quantitative estimate of drug-likeness (QED) is 0.843. The summed E-state index contributed by atoms with van der Waals surface area (Å²) in [6, 6.07) is 20.7. The first-order valence-electron chi connectivity index (χ1n) is 6.29. The van der Waals surface area contributed by atoms with Crippen LogP contribution >= 0.6 is 0 Å². The van der Waals surface area contributed by atoms with Gasteiger partial charge in [-0.1, -0.05) is 48.5 Å². The van der Waals surface area contributed by atoms with Crippen molar-refractivity contribution < 1.29 is 0 Å². The number of nitrogens with one attached hydrogen (secondary N) is 1. The van der Waals surface area contributed by atoms with E-state index in [1.807, 2.05) is 24.3 Å². The third kappa shape index (κ3) is 3.34. The third-order valence-corrected chi connectivity index (χ3v) is 3.11. The molecule has 0 aliphatic heterocycles. The van der Waals surface area contributed by atoms with Crippen molar-refractivity contribution in [3.8, 4) is 0 Å². The third-order valence-electron chi connectivity index (χ3n) is 3.11. The number of benzene rings is 2. The molecule has 1 atom stereocenters. The van der Waals surface area contributed by atoms with E-state index in [0.717, 1.165) is 12.1 Å². The molecule has 0 aliphatic rings. The maximum absolute atomic E-state index is 5.94. The predicted octanol–water partition coefficient (Wildman–Crippen LogP) is 3.06. The summed E-state index contributed by atoms with van der Waals surface area (Å²) in [4.78, 5) is 0. The highest BCUT2D eigenvalue weighted by Gasteiger charge is 2.22. The summed E-state index contributed by atoms with van der Waals surface area (Å²) in [5, 5.41) is 3.53. The van der Waals surface area contributed by atoms with Crippen LogP contribution in [0, 0.1) is 0 Å². The van der Waals surface area contributed by atoms with Gasteiger partial charge in [0.25, 0.3) is 0 Å². The van der Waals surface area contributed by atoms with Crippen molar-refractivity contribution in [3.63, 3.8) is 0 Å². The molecule has 0 aromatic heterocycles. The summed E-state index contributed by atoms with van der Waals surface area (Å²) in [5.41, 5.74) is 8.23. The summed E-state index contributed by atoms with van der Waals surface area (Å²) < 4.78 is 0. The van der Waals surface area contributed by atoms with Crippen molar-refractivity contribution in [2.24, 2.45) is 5.73 Å². The number of para-hydroxylation sites is 1. The fourth-order valence-electron chi connectivity index (χ4n) is 2.08. The van der Waals surface area contributed by atoms with Crippen molar-refractivity contribution in [2.75, 3.05) is 11.9 Å². The molecule has 0 saturated heterocycles. The molecule has 1 unspecified atom stereocenters. The molecule has 0 saturated carbocycles. The average Bonchev–Trinajstić information content (AvgIpc) is 2.41. The lowest BCUT2D eigenvalue weighted by molar-refractivity contribution is 0.521. The maximum Gasteiger partial charge on any atom is 0.0507 e. The lowest BCUT2D eigenvalue weighted by atomic mass is 9.92. The second-order valence-electron chi connectivity index (χ2n) is 4.92. The van der Waals surface area contributed by atoms with Crippen LogP contribution < -0.4 is 11.1 Å². The number of hydrogen-bond acceptors (Lipinski definition) is 2. The summed E-state index contributed by atoms with van der Waals surface area (Å²) in [5.74, 6) is 0. The topological polar surface area (TPSA) is 38.0 Å². The lowest BCUT2D eigenvalue weighted by Crippen LogP contribution is -2.44. The molecule has 0 aliphatic carbocycles. The van der Waals surface area contributed by atoms with Gasteiger partial charge >= 0.3 is 0 Å². The molecule has 0 heterocycles. The molecule has 0 fully saturated rings. The monoisotopic (exact) mass is 240 g/mol. The Bertz CT molecular complexity index is 423. The molecule has 2 heteroatoms. The largest absolute Gasteiger partial charge is 0.378 e. The van der Waals surface area contributed by atoms with Crippen LogP contribution in [0.4, 0.5) is 5.69 Å². The molecule has 2 aromatic carbocycles. The van der Waals surface area contributed by atoms with Crippen molar-refractivity contribution in [2.45, 2.75) is 18.9 Å². The van der Waals surface area contributed by atoms with E-state index in [4.69, 9.17) is 5.73 Å². The Kier molecular flexibility index (Phi) is 4.00. The first-order chi connectivity index (χ1) is 8.72. The average molecular weight is 240 g/mol. The van der Waals surface area contributed by atoms with Gasteiger partial charge in [0.05, 0.1) is 5.54 Å². The Morgan fingerprint density at radius 3 is 2.06 bits per heavy atom. The highest BCUT2D eigenvalue weighted by molar-refractivity contribution is 5.45. The molecule has 2 rings (SSSR count). The van der Waals surface area contributed by atoms with Crippen LogP contribution in [0.1, 0.15) is 12.5 Å². The second-order valence-corrected chi connectivity index (χ2v) is 4.92. The highest BCUT2D eigenvalue weighted by atomic mass is 15.0. The van der Waals surface area contributed by atoms with E-state index in [2.05, 4.69) is 48.6 Å². The Balaban J connectivity index is 2.11. The van der Waals surface area contributed by atoms with Crippen LogP contribution in [0.25, 0.3) is 0 Å². The molecule has 2 aromatic rings. The maximum atomic E-state index is 5.94. The van der Waals surface area contributed by atoms with Gasteiger partial charge in [-0.25, -0.2) is 0 Å². The predicted molar refractivity (Wildman–Crippen MR) is 77.7 cm³/mol. The minimum Gasteiger partial charge on any atom is -0.378 e. The van der Waals surface area contributed by atoms with E-state index in [1.54, 1.807) is 0 Å². The first kappa shape index (κ1) is 12.7. The SMILES string of the molecule is CC(CN)(Cc1ccccc1)Nc1ccccc1. The van der Waals surface area contributed by atoms with Gasteiger partial charge in [-0.2, -0.15) is 0 Å². The minimum absolute atomic E-state index is 0.122. The molecular weight excluding hydrogens is 220 g/mol. The van der Waals surface area contributed by atoms with Gasteiger partial charge in [0.2, 0.25) is 0 Å². The molecule has 94 valence electrons. The van der Waals surface area contributed by atoms with Crippen LogP contribution in [0.5, 0.6) is 0 Å². The molecule has 0 spiro atoms. The van der Waals surface area contributed by atoms with Gasteiger partial charge in [0, 0.05) is 12.2 Å². The Morgan fingerprint density at radius 2 is 1.50 bits per heavy atom. The summed E-state index contributed by atoms with van der Waals surface area (Å²) in [6.45, 7) is 2.75. The fraction of sp³-hybridized carbons (Fsp3) is 0.250. The summed E-state index contributed by atoms with van der Waals surface area (Å²) in [6.07, 6.45) is 0.916.